The fraction of sp³-hybridized carbons (Fsp3) is 0.217. The molecule has 1 aliphatic rings. The maximum Gasteiger partial charge on any atom is 0.416 e. The predicted molar refractivity (Wildman–Crippen MR) is 118 cm³/mol. The number of fused-ring (bicyclic) bond motifs is 1. The summed E-state index contributed by atoms with van der Waals surface area (Å²) in [5.41, 5.74) is 1.25. The van der Waals surface area contributed by atoms with Crippen molar-refractivity contribution in [3.05, 3.63) is 69.6 Å². The minimum atomic E-state index is -4.53. The van der Waals surface area contributed by atoms with E-state index in [4.69, 9.17) is 4.74 Å². The molecule has 0 radical (unpaired) electrons. The lowest BCUT2D eigenvalue weighted by Gasteiger charge is -2.24. The summed E-state index contributed by atoms with van der Waals surface area (Å²) < 4.78 is 44.1. The Bertz CT molecular complexity index is 1250. The number of ether oxygens (including phenoxy) is 1. The van der Waals surface area contributed by atoms with Crippen LogP contribution in [0.5, 0.6) is 11.5 Å². The van der Waals surface area contributed by atoms with E-state index in [1.54, 1.807) is 19.1 Å². The van der Waals surface area contributed by atoms with Gasteiger partial charge >= 0.3 is 6.18 Å². The van der Waals surface area contributed by atoms with E-state index >= 15 is 0 Å². The van der Waals surface area contributed by atoms with Gasteiger partial charge in [0.25, 0.3) is 5.91 Å². The Morgan fingerprint density at radius 2 is 2.00 bits per heavy atom. The van der Waals surface area contributed by atoms with Crippen molar-refractivity contribution in [1.29, 1.82) is 0 Å². The quantitative estimate of drug-likeness (QED) is 0.463. The molecule has 33 heavy (non-hydrogen) atoms. The standard InChI is InChI=1S/C23H19F3N2O4S/c1-11-19-15(12-6-7-16(29)17(8-12)32-2)10-18(30)28-22(19)33-20(11)21(31)27-14-5-3-4-13(9-14)23(24,25)26/h3-9,15,29H,10H2,1-2H3,(H,27,31)(H,28,30)/t15-/m1/s1. The number of aromatic hydroxyl groups is 1. The molecule has 0 saturated heterocycles. The van der Waals surface area contributed by atoms with Crippen LogP contribution in [0.25, 0.3) is 0 Å². The van der Waals surface area contributed by atoms with Gasteiger partial charge in [-0.15, -0.1) is 11.3 Å². The van der Waals surface area contributed by atoms with Gasteiger partial charge in [-0.25, -0.2) is 0 Å². The van der Waals surface area contributed by atoms with Crippen molar-refractivity contribution >= 4 is 33.8 Å². The smallest absolute Gasteiger partial charge is 0.416 e. The molecular formula is C23H19F3N2O4S. The van der Waals surface area contributed by atoms with Crippen LogP contribution in [0.3, 0.4) is 0 Å². The number of amides is 2. The molecule has 6 nitrogen and oxygen atoms in total. The van der Waals surface area contributed by atoms with Gasteiger partial charge in [0.15, 0.2) is 11.5 Å². The lowest BCUT2D eigenvalue weighted by molar-refractivity contribution is -0.137. The van der Waals surface area contributed by atoms with Crippen LogP contribution >= 0.6 is 11.3 Å². The molecule has 0 saturated carbocycles. The summed E-state index contributed by atoms with van der Waals surface area (Å²) in [5.74, 6) is -0.955. The fourth-order valence-corrected chi connectivity index (χ4v) is 5.06. The van der Waals surface area contributed by atoms with Crippen molar-refractivity contribution in [3.8, 4) is 11.5 Å². The largest absolute Gasteiger partial charge is 0.504 e. The van der Waals surface area contributed by atoms with Crippen molar-refractivity contribution in [2.75, 3.05) is 17.7 Å². The highest BCUT2D eigenvalue weighted by molar-refractivity contribution is 7.18. The molecule has 3 N–H and O–H groups in total. The van der Waals surface area contributed by atoms with Crippen molar-refractivity contribution < 1.29 is 32.6 Å². The second-order valence-corrected chi connectivity index (χ2v) is 8.59. The molecule has 2 heterocycles. The number of alkyl halides is 3. The highest BCUT2D eigenvalue weighted by Crippen LogP contribution is 2.46. The molecule has 0 unspecified atom stereocenters. The average molecular weight is 476 g/mol. The molecule has 3 aromatic rings. The Hall–Kier alpha value is -3.53. The van der Waals surface area contributed by atoms with E-state index < -0.39 is 17.6 Å². The highest BCUT2D eigenvalue weighted by Gasteiger charge is 2.34. The summed E-state index contributed by atoms with van der Waals surface area (Å²) in [5, 5.41) is 15.7. The number of nitrogens with one attached hydrogen (secondary N) is 2. The molecule has 1 aromatic heterocycles. The van der Waals surface area contributed by atoms with E-state index in [1.807, 2.05) is 0 Å². The van der Waals surface area contributed by atoms with Crippen molar-refractivity contribution in [2.24, 2.45) is 0 Å². The summed E-state index contributed by atoms with van der Waals surface area (Å²) >= 11 is 1.07. The lowest BCUT2D eigenvalue weighted by Crippen LogP contribution is -2.22. The van der Waals surface area contributed by atoms with Crippen LogP contribution in [-0.4, -0.2) is 24.0 Å². The number of phenols is 1. The van der Waals surface area contributed by atoms with Crippen LogP contribution in [0.4, 0.5) is 23.9 Å². The van der Waals surface area contributed by atoms with Crippen LogP contribution in [0, 0.1) is 6.92 Å². The van der Waals surface area contributed by atoms with Gasteiger partial charge in [0, 0.05) is 18.0 Å². The lowest BCUT2D eigenvalue weighted by atomic mass is 9.84. The van der Waals surface area contributed by atoms with Gasteiger partial charge in [-0.05, 0) is 53.9 Å². The minimum absolute atomic E-state index is 0.0180. The van der Waals surface area contributed by atoms with Gasteiger partial charge in [0.2, 0.25) is 5.91 Å². The SMILES string of the molecule is COc1cc([C@H]2CC(=O)Nc3sc(C(=O)Nc4cccc(C(F)(F)F)c4)c(C)c32)ccc1O. The number of hydrogen-bond acceptors (Lipinski definition) is 5. The van der Waals surface area contributed by atoms with Crippen molar-refractivity contribution in [2.45, 2.75) is 25.4 Å². The third-order valence-electron chi connectivity index (χ3n) is 5.44. The van der Waals surface area contributed by atoms with Crippen LogP contribution in [0.2, 0.25) is 0 Å². The molecule has 2 aromatic carbocycles. The zero-order valence-electron chi connectivity index (χ0n) is 17.5. The second kappa shape index (κ2) is 8.43. The fourth-order valence-electron chi connectivity index (χ4n) is 3.88. The first-order valence-electron chi connectivity index (χ1n) is 9.87. The first kappa shape index (κ1) is 22.7. The molecule has 0 spiro atoms. The number of thiophene rings is 1. The monoisotopic (exact) mass is 476 g/mol. The number of phenolic OH excluding ortho intramolecular Hbond substituents is 1. The molecule has 2 amide bonds. The average Bonchev–Trinajstić information content (AvgIpc) is 3.09. The van der Waals surface area contributed by atoms with Gasteiger partial charge in [-0.1, -0.05) is 12.1 Å². The summed E-state index contributed by atoms with van der Waals surface area (Å²) in [6.45, 7) is 1.73. The van der Waals surface area contributed by atoms with Crippen molar-refractivity contribution in [3.63, 3.8) is 0 Å². The molecule has 4 rings (SSSR count). The van der Waals surface area contributed by atoms with Gasteiger partial charge in [0.05, 0.1) is 22.6 Å². The van der Waals surface area contributed by atoms with E-state index in [1.165, 1.54) is 25.3 Å². The molecular weight excluding hydrogens is 457 g/mol. The number of carbonyl (C=O) groups is 2. The van der Waals surface area contributed by atoms with Crippen LogP contribution in [0.1, 0.15) is 44.3 Å². The molecule has 0 aliphatic carbocycles. The van der Waals surface area contributed by atoms with E-state index in [-0.39, 0.29) is 40.3 Å². The van der Waals surface area contributed by atoms with Gasteiger partial charge in [0.1, 0.15) is 0 Å². The summed E-state index contributed by atoms with van der Waals surface area (Å²) in [6, 6.07) is 9.20. The van der Waals surface area contributed by atoms with Crippen LogP contribution < -0.4 is 15.4 Å². The predicted octanol–water partition coefficient (Wildman–Crippen LogP) is 5.52. The molecule has 172 valence electrons. The summed E-state index contributed by atoms with van der Waals surface area (Å²) in [4.78, 5) is 25.6. The van der Waals surface area contributed by atoms with Gasteiger partial charge in [-0.2, -0.15) is 13.2 Å². The summed E-state index contributed by atoms with van der Waals surface area (Å²) in [6.07, 6.45) is -4.39. The minimum Gasteiger partial charge on any atom is -0.504 e. The molecule has 10 heteroatoms. The van der Waals surface area contributed by atoms with Gasteiger partial charge < -0.3 is 20.5 Å². The Morgan fingerprint density at radius 1 is 1.24 bits per heavy atom. The highest BCUT2D eigenvalue weighted by atomic mass is 32.1. The second-order valence-electron chi connectivity index (χ2n) is 7.57. The number of anilines is 2. The van der Waals surface area contributed by atoms with Crippen LogP contribution in [0.15, 0.2) is 42.5 Å². The Kier molecular flexibility index (Phi) is 5.79. The number of hydrogen-bond donors (Lipinski definition) is 3. The Balaban J connectivity index is 1.69. The number of rotatable bonds is 4. The third kappa shape index (κ3) is 4.38. The number of halogens is 3. The third-order valence-corrected chi connectivity index (χ3v) is 6.67. The normalized spacial score (nSPS) is 15.5. The van der Waals surface area contributed by atoms with E-state index in [0.29, 0.717) is 10.6 Å². The molecule has 0 bridgehead atoms. The zero-order chi connectivity index (χ0) is 23.9. The molecule has 0 fully saturated rings. The Labute approximate surface area is 191 Å². The maximum atomic E-state index is 13.0. The topological polar surface area (TPSA) is 87.7 Å². The molecule has 1 aliphatic heterocycles. The van der Waals surface area contributed by atoms with E-state index in [9.17, 15) is 27.9 Å². The summed E-state index contributed by atoms with van der Waals surface area (Å²) in [7, 11) is 1.42. The first-order chi connectivity index (χ1) is 15.6. The Morgan fingerprint density at radius 3 is 2.70 bits per heavy atom. The van der Waals surface area contributed by atoms with Gasteiger partial charge in [-0.3, -0.25) is 9.59 Å². The van der Waals surface area contributed by atoms with E-state index in [0.717, 1.165) is 34.6 Å². The van der Waals surface area contributed by atoms with Crippen LogP contribution in [-0.2, 0) is 11.0 Å². The maximum absolute atomic E-state index is 13.0. The van der Waals surface area contributed by atoms with E-state index in [2.05, 4.69) is 10.6 Å². The first-order valence-corrected chi connectivity index (χ1v) is 10.7. The zero-order valence-corrected chi connectivity index (χ0v) is 18.4. The number of carbonyl (C=O) groups excluding carboxylic acids is 2. The van der Waals surface area contributed by atoms with Crippen molar-refractivity contribution in [1.82, 2.24) is 0 Å². The number of benzene rings is 2. The number of methoxy groups -OCH3 is 1. The molecule has 1 atom stereocenters.